The number of nitrogens with one attached hydrogen (secondary N) is 1. The summed E-state index contributed by atoms with van der Waals surface area (Å²) >= 11 is 0. The van der Waals surface area contributed by atoms with Crippen molar-refractivity contribution in [1.82, 2.24) is 9.97 Å². The Morgan fingerprint density at radius 3 is 2.27 bits per heavy atom. The van der Waals surface area contributed by atoms with Crippen LogP contribution in [0.2, 0.25) is 0 Å². The molecule has 2 aromatic rings. The highest BCUT2D eigenvalue weighted by atomic mass is 15.2. The molecule has 0 saturated carbocycles. The first kappa shape index (κ1) is 14.8. The van der Waals surface area contributed by atoms with E-state index in [0.29, 0.717) is 5.95 Å². The van der Waals surface area contributed by atoms with Gasteiger partial charge in [0.2, 0.25) is 5.95 Å². The van der Waals surface area contributed by atoms with E-state index in [9.17, 15) is 0 Å². The molecule has 2 heterocycles. The highest BCUT2D eigenvalue weighted by Crippen LogP contribution is 2.21. The van der Waals surface area contributed by atoms with E-state index >= 15 is 0 Å². The third kappa shape index (κ3) is 3.75. The molecule has 0 radical (unpaired) electrons. The third-order valence-electron chi connectivity index (χ3n) is 4.08. The number of hydrogen-bond acceptors (Lipinski definition) is 4. The molecule has 1 fully saturated rings. The third-order valence-corrected chi connectivity index (χ3v) is 4.08. The van der Waals surface area contributed by atoms with Gasteiger partial charge in [0.05, 0.1) is 0 Å². The van der Waals surface area contributed by atoms with E-state index in [1.54, 1.807) is 0 Å². The van der Waals surface area contributed by atoms with Crippen molar-refractivity contribution < 1.29 is 0 Å². The molecule has 0 bridgehead atoms. The molecule has 1 aliphatic rings. The van der Waals surface area contributed by atoms with E-state index in [4.69, 9.17) is 4.98 Å². The Kier molecular flexibility index (Phi) is 4.56. The lowest BCUT2D eigenvalue weighted by Crippen LogP contribution is -2.25. The lowest BCUT2D eigenvalue weighted by atomic mass is 10.2. The van der Waals surface area contributed by atoms with Gasteiger partial charge in [-0.25, -0.2) is 4.98 Å². The Balaban J connectivity index is 1.81. The smallest absolute Gasteiger partial charge is 0.229 e. The molecule has 4 nitrogen and oxygen atoms in total. The quantitative estimate of drug-likeness (QED) is 0.921. The lowest BCUT2D eigenvalue weighted by molar-refractivity contribution is 0.726. The van der Waals surface area contributed by atoms with Crippen molar-refractivity contribution in [3.05, 3.63) is 41.6 Å². The summed E-state index contributed by atoms with van der Waals surface area (Å²) in [5.41, 5.74) is 3.28. The van der Waals surface area contributed by atoms with E-state index in [2.05, 4.69) is 52.5 Å². The average molecular weight is 296 g/mol. The standard InChI is InChI=1S/C18H24N4/c1-14-7-9-16(10-8-14)20-18-19-15(2)13-17(21-18)22-11-5-3-4-6-12-22/h7-10,13H,3-6,11-12H2,1-2H3,(H,19,20,21). The van der Waals surface area contributed by atoms with Crippen LogP contribution in [-0.4, -0.2) is 23.1 Å². The molecule has 22 heavy (non-hydrogen) atoms. The van der Waals surface area contributed by atoms with Crippen LogP contribution in [0.5, 0.6) is 0 Å². The van der Waals surface area contributed by atoms with Crippen molar-refractivity contribution in [3.63, 3.8) is 0 Å². The fourth-order valence-corrected chi connectivity index (χ4v) is 2.84. The predicted molar refractivity (Wildman–Crippen MR) is 91.9 cm³/mol. The molecule has 0 unspecified atom stereocenters. The Morgan fingerprint density at radius 1 is 0.909 bits per heavy atom. The molecule has 1 aromatic heterocycles. The van der Waals surface area contributed by atoms with Crippen LogP contribution < -0.4 is 10.2 Å². The second-order valence-electron chi connectivity index (χ2n) is 6.08. The summed E-state index contributed by atoms with van der Waals surface area (Å²) in [6.07, 6.45) is 5.16. The molecule has 0 aliphatic carbocycles. The summed E-state index contributed by atoms with van der Waals surface area (Å²) in [7, 11) is 0. The van der Waals surface area contributed by atoms with Gasteiger partial charge in [-0.2, -0.15) is 4.98 Å². The molecule has 0 spiro atoms. The molecule has 116 valence electrons. The Bertz CT molecular complexity index is 613. The zero-order valence-electron chi connectivity index (χ0n) is 13.5. The molecule has 0 amide bonds. The highest BCUT2D eigenvalue weighted by Gasteiger charge is 2.13. The first-order valence-corrected chi connectivity index (χ1v) is 8.15. The number of rotatable bonds is 3. The fourth-order valence-electron chi connectivity index (χ4n) is 2.84. The Labute approximate surface area is 132 Å². The maximum absolute atomic E-state index is 4.72. The zero-order valence-corrected chi connectivity index (χ0v) is 13.5. The minimum Gasteiger partial charge on any atom is -0.356 e. The SMILES string of the molecule is Cc1ccc(Nc2nc(C)cc(N3CCCCCC3)n2)cc1. The maximum Gasteiger partial charge on any atom is 0.229 e. The van der Waals surface area contributed by atoms with Crippen LogP contribution >= 0.6 is 0 Å². The molecule has 4 heteroatoms. The van der Waals surface area contributed by atoms with Gasteiger partial charge in [0.15, 0.2) is 0 Å². The number of anilines is 3. The van der Waals surface area contributed by atoms with Crippen LogP contribution in [0.4, 0.5) is 17.5 Å². The van der Waals surface area contributed by atoms with Crippen LogP contribution in [-0.2, 0) is 0 Å². The first-order chi connectivity index (χ1) is 10.7. The molecule has 1 saturated heterocycles. The van der Waals surface area contributed by atoms with Gasteiger partial charge in [0.1, 0.15) is 5.82 Å². The maximum atomic E-state index is 4.72. The van der Waals surface area contributed by atoms with Crippen molar-refractivity contribution >= 4 is 17.5 Å². The second-order valence-corrected chi connectivity index (χ2v) is 6.08. The summed E-state index contributed by atoms with van der Waals surface area (Å²) in [6, 6.07) is 10.4. The van der Waals surface area contributed by atoms with Crippen LogP contribution in [0.25, 0.3) is 0 Å². The number of benzene rings is 1. The van der Waals surface area contributed by atoms with E-state index in [0.717, 1.165) is 30.3 Å². The number of nitrogens with zero attached hydrogens (tertiary/aromatic N) is 3. The fraction of sp³-hybridized carbons (Fsp3) is 0.444. The van der Waals surface area contributed by atoms with Crippen molar-refractivity contribution in [2.45, 2.75) is 39.5 Å². The topological polar surface area (TPSA) is 41.1 Å². The summed E-state index contributed by atoms with van der Waals surface area (Å²) in [6.45, 7) is 6.31. The van der Waals surface area contributed by atoms with Crippen molar-refractivity contribution in [3.8, 4) is 0 Å². The van der Waals surface area contributed by atoms with E-state index in [1.165, 1.54) is 31.2 Å². The van der Waals surface area contributed by atoms with Gasteiger partial charge in [-0.1, -0.05) is 30.5 Å². The van der Waals surface area contributed by atoms with Crippen molar-refractivity contribution in [1.29, 1.82) is 0 Å². The predicted octanol–water partition coefficient (Wildman–Crippen LogP) is 4.22. The molecular weight excluding hydrogens is 272 g/mol. The van der Waals surface area contributed by atoms with Gasteiger partial charge in [-0.05, 0) is 38.8 Å². The minimum atomic E-state index is 0.683. The minimum absolute atomic E-state index is 0.683. The van der Waals surface area contributed by atoms with Gasteiger partial charge in [-0.15, -0.1) is 0 Å². The molecule has 3 rings (SSSR count). The largest absolute Gasteiger partial charge is 0.356 e. The summed E-state index contributed by atoms with van der Waals surface area (Å²) in [5, 5.41) is 3.32. The number of aromatic nitrogens is 2. The van der Waals surface area contributed by atoms with E-state index in [1.807, 2.05) is 6.92 Å². The van der Waals surface area contributed by atoms with Gasteiger partial charge in [0.25, 0.3) is 0 Å². The van der Waals surface area contributed by atoms with E-state index in [-0.39, 0.29) is 0 Å². The van der Waals surface area contributed by atoms with Crippen LogP contribution in [0.15, 0.2) is 30.3 Å². The monoisotopic (exact) mass is 296 g/mol. The second kappa shape index (κ2) is 6.77. The zero-order chi connectivity index (χ0) is 15.4. The first-order valence-electron chi connectivity index (χ1n) is 8.15. The van der Waals surface area contributed by atoms with Gasteiger partial charge < -0.3 is 10.2 Å². The van der Waals surface area contributed by atoms with E-state index < -0.39 is 0 Å². The summed E-state index contributed by atoms with van der Waals surface area (Å²) in [5.74, 6) is 1.73. The molecular formula is C18H24N4. The summed E-state index contributed by atoms with van der Waals surface area (Å²) in [4.78, 5) is 11.6. The van der Waals surface area contributed by atoms with Gasteiger partial charge >= 0.3 is 0 Å². The molecule has 1 N–H and O–H groups in total. The van der Waals surface area contributed by atoms with Crippen molar-refractivity contribution in [2.75, 3.05) is 23.3 Å². The normalized spacial score (nSPS) is 15.5. The highest BCUT2D eigenvalue weighted by molar-refractivity contribution is 5.56. The average Bonchev–Trinajstić information content (AvgIpc) is 2.78. The van der Waals surface area contributed by atoms with Crippen LogP contribution in [0.3, 0.4) is 0 Å². The lowest BCUT2D eigenvalue weighted by Gasteiger charge is -2.22. The van der Waals surface area contributed by atoms with Crippen molar-refractivity contribution in [2.24, 2.45) is 0 Å². The van der Waals surface area contributed by atoms with Crippen LogP contribution in [0, 0.1) is 13.8 Å². The molecule has 1 aliphatic heterocycles. The molecule has 1 aromatic carbocycles. The molecule has 0 atom stereocenters. The Hall–Kier alpha value is -2.10. The number of hydrogen-bond donors (Lipinski definition) is 1. The van der Waals surface area contributed by atoms with Gasteiger partial charge in [0, 0.05) is 30.5 Å². The van der Waals surface area contributed by atoms with Crippen LogP contribution in [0.1, 0.15) is 36.9 Å². The number of aryl methyl sites for hydroxylation is 2. The summed E-state index contributed by atoms with van der Waals surface area (Å²) < 4.78 is 0. The van der Waals surface area contributed by atoms with Gasteiger partial charge in [-0.3, -0.25) is 0 Å². The Morgan fingerprint density at radius 2 is 1.59 bits per heavy atom.